The summed E-state index contributed by atoms with van der Waals surface area (Å²) in [6.45, 7) is 8.39. The number of carbonyl (C=O) groups is 1. The van der Waals surface area contributed by atoms with Gasteiger partial charge in [-0.15, -0.1) is 0 Å². The van der Waals surface area contributed by atoms with Gasteiger partial charge in [0.2, 0.25) is 5.91 Å². The van der Waals surface area contributed by atoms with Crippen LogP contribution in [-0.4, -0.2) is 43.6 Å². The highest BCUT2D eigenvalue weighted by atomic mass is 16.5. The molecular weight excluding hydrogens is 278 g/mol. The molecule has 1 fully saturated rings. The molecule has 0 aliphatic carbocycles. The molecule has 1 aromatic rings. The Bertz CT molecular complexity index is 543. The van der Waals surface area contributed by atoms with E-state index in [4.69, 9.17) is 10.5 Å². The third-order valence-electron chi connectivity index (χ3n) is 4.39. The first-order valence-electron chi connectivity index (χ1n) is 7.74. The highest BCUT2D eigenvalue weighted by Gasteiger charge is 2.33. The fraction of sp³-hybridized carbons (Fsp3) is 0.588. The summed E-state index contributed by atoms with van der Waals surface area (Å²) in [4.78, 5) is 14.5. The molecule has 22 heavy (non-hydrogen) atoms. The molecule has 1 aliphatic heterocycles. The third-order valence-corrected chi connectivity index (χ3v) is 4.39. The van der Waals surface area contributed by atoms with Crippen molar-refractivity contribution in [2.24, 2.45) is 11.1 Å². The quantitative estimate of drug-likeness (QED) is 0.893. The van der Waals surface area contributed by atoms with Gasteiger partial charge in [0.1, 0.15) is 5.75 Å². The molecule has 1 heterocycles. The van der Waals surface area contributed by atoms with Gasteiger partial charge in [-0.25, -0.2) is 0 Å². The van der Waals surface area contributed by atoms with Crippen molar-refractivity contribution < 1.29 is 9.53 Å². The average Bonchev–Trinajstić information content (AvgIpc) is 2.43. The summed E-state index contributed by atoms with van der Waals surface area (Å²) >= 11 is 0. The van der Waals surface area contributed by atoms with E-state index in [1.54, 1.807) is 7.11 Å². The average molecular weight is 305 g/mol. The van der Waals surface area contributed by atoms with Crippen LogP contribution in [0.4, 0.5) is 5.69 Å². The molecule has 5 nitrogen and oxygen atoms in total. The molecule has 3 N–H and O–H groups in total. The number of nitrogens with one attached hydrogen (secondary N) is 1. The largest absolute Gasteiger partial charge is 0.495 e. The SMILES string of the molecule is COc1ccc(C)cc1NC(=O)CN1CCC(N)C(C)(C)C1. The summed E-state index contributed by atoms with van der Waals surface area (Å²) in [6.07, 6.45) is 0.925. The summed E-state index contributed by atoms with van der Waals surface area (Å²) < 4.78 is 5.29. The van der Waals surface area contributed by atoms with Crippen molar-refractivity contribution in [3.8, 4) is 5.75 Å². The third kappa shape index (κ3) is 3.99. The zero-order valence-electron chi connectivity index (χ0n) is 14.0. The van der Waals surface area contributed by atoms with Crippen LogP contribution in [0, 0.1) is 12.3 Å². The van der Waals surface area contributed by atoms with Crippen LogP contribution in [0.3, 0.4) is 0 Å². The van der Waals surface area contributed by atoms with Gasteiger partial charge in [0, 0.05) is 19.1 Å². The Kier molecular flexibility index (Phi) is 5.08. The lowest BCUT2D eigenvalue weighted by atomic mass is 9.80. The van der Waals surface area contributed by atoms with Crippen LogP contribution in [0.15, 0.2) is 18.2 Å². The minimum absolute atomic E-state index is 0.0184. The molecule has 1 aliphatic rings. The molecule has 122 valence electrons. The standard InChI is InChI=1S/C17H27N3O2/c1-12-5-6-14(22-4)13(9-12)19-16(21)10-20-8-7-15(18)17(2,3)11-20/h5-6,9,15H,7-8,10-11,18H2,1-4H3,(H,19,21). The number of carbonyl (C=O) groups excluding carboxylic acids is 1. The molecule has 1 atom stereocenters. The molecule has 0 spiro atoms. The normalized spacial score (nSPS) is 21.4. The van der Waals surface area contributed by atoms with E-state index < -0.39 is 0 Å². The number of rotatable bonds is 4. The molecule has 0 saturated carbocycles. The van der Waals surface area contributed by atoms with E-state index in [0.29, 0.717) is 12.3 Å². The number of anilines is 1. The predicted octanol–water partition coefficient (Wildman–Crippen LogP) is 2.00. The van der Waals surface area contributed by atoms with Gasteiger partial charge in [-0.3, -0.25) is 9.69 Å². The molecule has 5 heteroatoms. The Morgan fingerprint density at radius 3 is 2.86 bits per heavy atom. The number of amides is 1. The fourth-order valence-electron chi connectivity index (χ4n) is 2.93. The van der Waals surface area contributed by atoms with Crippen LogP contribution < -0.4 is 15.8 Å². The topological polar surface area (TPSA) is 67.6 Å². The van der Waals surface area contributed by atoms with Crippen molar-refractivity contribution in [2.45, 2.75) is 33.2 Å². The van der Waals surface area contributed by atoms with Crippen LogP contribution in [0.2, 0.25) is 0 Å². The first-order chi connectivity index (χ1) is 10.3. The van der Waals surface area contributed by atoms with Gasteiger partial charge in [0.05, 0.1) is 19.3 Å². The van der Waals surface area contributed by atoms with Gasteiger partial charge < -0.3 is 15.8 Å². The summed E-state index contributed by atoms with van der Waals surface area (Å²) in [7, 11) is 1.61. The first kappa shape index (κ1) is 16.8. The second kappa shape index (κ2) is 6.67. The summed E-state index contributed by atoms with van der Waals surface area (Å²) in [6, 6.07) is 5.95. The van der Waals surface area contributed by atoms with Crippen LogP contribution in [-0.2, 0) is 4.79 Å². The molecule has 1 amide bonds. The van der Waals surface area contributed by atoms with Crippen molar-refractivity contribution >= 4 is 11.6 Å². The van der Waals surface area contributed by atoms with Gasteiger partial charge in [-0.1, -0.05) is 19.9 Å². The molecule has 1 saturated heterocycles. The van der Waals surface area contributed by atoms with Crippen molar-refractivity contribution in [1.82, 2.24) is 4.90 Å². The molecule has 1 unspecified atom stereocenters. The van der Waals surface area contributed by atoms with E-state index in [1.807, 2.05) is 25.1 Å². The Morgan fingerprint density at radius 1 is 1.50 bits per heavy atom. The van der Waals surface area contributed by atoms with Gasteiger partial charge in [0.25, 0.3) is 0 Å². The predicted molar refractivity (Wildman–Crippen MR) is 89.2 cm³/mol. The number of benzene rings is 1. The molecule has 0 radical (unpaired) electrons. The number of nitrogens with zero attached hydrogens (tertiary/aromatic N) is 1. The van der Waals surface area contributed by atoms with Crippen molar-refractivity contribution in [3.63, 3.8) is 0 Å². The van der Waals surface area contributed by atoms with E-state index in [1.165, 1.54) is 0 Å². The maximum atomic E-state index is 12.3. The molecule has 0 aromatic heterocycles. The second-order valence-electron chi connectivity index (χ2n) is 6.85. The monoisotopic (exact) mass is 305 g/mol. The lowest BCUT2D eigenvalue weighted by molar-refractivity contribution is -0.118. The zero-order valence-corrected chi connectivity index (χ0v) is 14.0. The fourth-order valence-corrected chi connectivity index (χ4v) is 2.93. The van der Waals surface area contributed by atoms with E-state index in [0.717, 1.165) is 30.8 Å². The van der Waals surface area contributed by atoms with Gasteiger partial charge >= 0.3 is 0 Å². The van der Waals surface area contributed by atoms with Crippen LogP contribution >= 0.6 is 0 Å². The van der Waals surface area contributed by atoms with Crippen molar-refractivity contribution in [3.05, 3.63) is 23.8 Å². The smallest absolute Gasteiger partial charge is 0.238 e. The van der Waals surface area contributed by atoms with Gasteiger partial charge in [-0.2, -0.15) is 0 Å². The van der Waals surface area contributed by atoms with E-state index >= 15 is 0 Å². The Morgan fingerprint density at radius 2 is 2.23 bits per heavy atom. The highest BCUT2D eigenvalue weighted by Crippen LogP contribution is 2.28. The van der Waals surface area contributed by atoms with E-state index in [9.17, 15) is 4.79 Å². The summed E-state index contributed by atoms with van der Waals surface area (Å²) in [5.74, 6) is 0.662. The number of hydrogen-bond donors (Lipinski definition) is 2. The maximum absolute atomic E-state index is 12.3. The minimum atomic E-state index is -0.0184. The number of nitrogens with two attached hydrogens (primary N) is 1. The minimum Gasteiger partial charge on any atom is -0.495 e. The lowest BCUT2D eigenvalue weighted by Gasteiger charge is -2.42. The number of likely N-dealkylation sites (tertiary alicyclic amines) is 1. The Hall–Kier alpha value is -1.59. The van der Waals surface area contributed by atoms with Crippen molar-refractivity contribution in [1.29, 1.82) is 0 Å². The second-order valence-corrected chi connectivity index (χ2v) is 6.85. The van der Waals surface area contributed by atoms with Crippen molar-refractivity contribution in [2.75, 3.05) is 32.1 Å². The number of aryl methyl sites for hydroxylation is 1. The summed E-state index contributed by atoms with van der Waals surface area (Å²) in [5.41, 5.74) is 7.99. The Labute approximate surface area is 132 Å². The first-order valence-corrected chi connectivity index (χ1v) is 7.74. The maximum Gasteiger partial charge on any atom is 0.238 e. The number of piperidine rings is 1. The molecule has 2 rings (SSSR count). The molecular formula is C17H27N3O2. The molecule has 0 bridgehead atoms. The van der Waals surface area contributed by atoms with Crippen LogP contribution in [0.5, 0.6) is 5.75 Å². The highest BCUT2D eigenvalue weighted by molar-refractivity contribution is 5.93. The van der Waals surface area contributed by atoms with E-state index in [-0.39, 0.29) is 17.4 Å². The number of methoxy groups -OCH3 is 1. The van der Waals surface area contributed by atoms with Gasteiger partial charge in [-0.05, 0) is 36.5 Å². The summed E-state index contributed by atoms with van der Waals surface area (Å²) in [5, 5.41) is 2.95. The van der Waals surface area contributed by atoms with Gasteiger partial charge in [0.15, 0.2) is 0 Å². The Balaban J connectivity index is 1.98. The van der Waals surface area contributed by atoms with Crippen LogP contribution in [0.1, 0.15) is 25.8 Å². The lowest BCUT2D eigenvalue weighted by Crippen LogP contribution is -2.53. The van der Waals surface area contributed by atoms with Crippen LogP contribution in [0.25, 0.3) is 0 Å². The molecule has 1 aromatic carbocycles. The number of ether oxygens (including phenoxy) is 1. The number of hydrogen-bond acceptors (Lipinski definition) is 4. The van der Waals surface area contributed by atoms with E-state index in [2.05, 4.69) is 24.1 Å². The zero-order chi connectivity index (χ0) is 16.3.